The number of hydrogen-bond donors (Lipinski definition) is 4. The van der Waals surface area contributed by atoms with Crippen LogP contribution >= 0.6 is 34.8 Å². The lowest BCUT2D eigenvalue weighted by molar-refractivity contribution is -0.111. The fourth-order valence-electron chi connectivity index (χ4n) is 2.83. The lowest BCUT2D eigenvalue weighted by Crippen LogP contribution is -2.63. The molecule has 0 aliphatic carbocycles. The summed E-state index contributed by atoms with van der Waals surface area (Å²) in [5.41, 5.74) is 0.826. The third-order valence-corrected chi connectivity index (χ3v) is 5.04. The van der Waals surface area contributed by atoms with Gasteiger partial charge in [-0.1, -0.05) is 34.8 Å². The maximum absolute atomic E-state index is 10.0. The van der Waals surface area contributed by atoms with Gasteiger partial charge in [-0.3, -0.25) is 0 Å². The third-order valence-electron chi connectivity index (χ3n) is 4.15. The molecule has 0 aromatic heterocycles. The zero-order chi connectivity index (χ0) is 16.4. The number of halogens is 3. The molecule has 1 fully saturated rings. The predicted molar refractivity (Wildman–Crippen MR) is 88.8 cm³/mol. The van der Waals surface area contributed by atoms with E-state index in [1.165, 1.54) is 0 Å². The van der Waals surface area contributed by atoms with E-state index in [1.54, 1.807) is 19.1 Å². The van der Waals surface area contributed by atoms with Crippen molar-refractivity contribution in [2.45, 2.75) is 56.6 Å². The normalized spacial score (nSPS) is 32.2. The molecule has 0 radical (unpaired) electrons. The Balaban J connectivity index is 1.94. The summed E-state index contributed by atoms with van der Waals surface area (Å²) < 4.78 is 0. The van der Waals surface area contributed by atoms with Crippen LogP contribution < -0.4 is 5.32 Å². The lowest BCUT2D eigenvalue weighted by Gasteiger charge is -2.40. The van der Waals surface area contributed by atoms with Crippen molar-refractivity contribution in [1.29, 1.82) is 0 Å². The molecule has 0 spiro atoms. The fourth-order valence-corrected chi connectivity index (χ4v) is 3.84. The summed E-state index contributed by atoms with van der Waals surface area (Å²) in [5.74, 6) is 0. The third kappa shape index (κ3) is 4.06. The Labute approximate surface area is 145 Å². The van der Waals surface area contributed by atoms with Gasteiger partial charge in [-0.15, -0.1) is 0 Å². The van der Waals surface area contributed by atoms with Crippen molar-refractivity contribution in [3.63, 3.8) is 0 Å². The van der Waals surface area contributed by atoms with Crippen LogP contribution in [0.25, 0.3) is 0 Å². The Hall–Kier alpha value is -0.0700. The SMILES string of the molecule is C[C@@H]1N[C@H](CCCc2c(Cl)cc(Cl)cc2Cl)[C@@H](O)[C@H](O)[C@@H]1O. The summed E-state index contributed by atoms with van der Waals surface area (Å²) in [4.78, 5) is 0. The molecule has 5 atom stereocenters. The van der Waals surface area contributed by atoms with Crippen LogP contribution in [0.4, 0.5) is 0 Å². The molecule has 1 aromatic carbocycles. The van der Waals surface area contributed by atoms with Gasteiger partial charge in [-0.25, -0.2) is 0 Å². The highest BCUT2D eigenvalue weighted by Gasteiger charge is 2.39. The van der Waals surface area contributed by atoms with E-state index < -0.39 is 18.3 Å². The molecule has 124 valence electrons. The van der Waals surface area contributed by atoms with Crippen molar-refractivity contribution < 1.29 is 15.3 Å². The molecular formula is C15H20Cl3NO3. The fraction of sp³-hybridized carbons (Fsp3) is 0.600. The second-order valence-corrected chi connectivity index (χ2v) is 7.02. The summed E-state index contributed by atoms with van der Waals surface area (Å²) in [6, 6.07) is 2.75. The highest BCUT2D eigenvalue weighted by Crippen LogP contribution is 2.30. The van der Waals surface area contributed by atoms with Crippen LogP contribution in [0.15, 0.2) is 12.1 Å². The minimum Gasteiger partial charge on any atom is -0.389 e. The van der Waals surface area contributed by atoms with Crippen LogP contribution in [0.2, 0.25) is 15.1 Å². The molecular weight excluding hydrogens is 349 g/mol. The van der Waals surface area contributed by atoms with Crippen LogP contribution in [-0.2, 0) is 6.42 Å². The highest BCUT2D eigenvalue weighted by molar-refractivity contribution is 6.39. The Morgan fingerprint density at radius 2 is 1.59 bits per heavy atom. The van der Waals surface area contributed by atoms with E-state index in [4.69, 9.17) is 34.8 Å². The number of rotatable bonds is 4. The standard InChI is InChI=1S/C15H20Cl3NO3/c1-7-13(20)15(22)14(21)12(19-7)4-2-3-9-10(17)5-8(16)6-11(9)18/h5-7,12-15,19-22H,2-4H2,1H3/t7-,12+,13+,14+,15+/m0/s1. The second-order valence-electron chi connectivity index (χ2n) is 5.77. The van der Waals surface area contributed by atoms with Gasteiger partial charge < -0.3 is 20.6 Å². The van der Waals surface area contributed by atoms with Crippen LogP contribution in [0.3, 0.4) is 0 Å². The number of aliphatic hydroxyl groups excluding tert-OH is 3. The summed E-state index contributed by atoms with van der Waals surface area (Å²) in [7, 11) is 0. The molecule has 0 bridgehead atoms. The molecule has 2 rings (SSSR count). The molecule has 7 heteroatoms. The summed E-state index contributed by atoms with van der Waals surface area (Å²) >= 11 is 18.2. The Bertz CT molecular complexity index is 506. The zero-order valence-electron chi connectivity index (χ0n) is 12.1. The molecule has 1 aliphatic rings. The maximum Gasteiger partial charge on any atom is 0.109 e. The first-order valence-electron chi connectivity index (χ1n) is 7.25. The van der Waals surface area contributed by atoms with Crippen molar-refractivity contribution in [2.75, 3.05) is 0 Å². The van der Waals surface area contributed by atoms with Crippen molar-refractivity contribution in [3.05, 3.63) is 32.8 Å². The summed E-state index contributed by atoms with van der Waals surface area (Å²) in [6.07, 6.45) is -1.10. The van der Waals surface area contributed by atoms with Gasteiger partial charge in [0.15, 0.2) is 0 Å². The molecule has 1 heterocycles. The van der Waals surface area contributed by atoms with Crippen LogP contribution in [-0.4, -0.2) is 45.7 Å². The molecule has 1 aliphatic heterocycles. The van der Waals surface area contributed by atoms with Crippen molar-refractivity contribution >= 4 is 34.8 Å². The van der Waals surface area contributed by atoms with Gasteiger partial charge in [-0.2, -0.15) is 0 Å². The maximum atomic E-state index is 10.0. The largest absolute Gasteiger partial charge is 0.389 e. The Morgan fingerprint density at radius 3 is 2.18 bits per heavy atom. The van der Waals surface area contributed by atoms with E-state index in [1.807, 2.05) is 0 Å². The minimum atomic E-state index is -1.14. The first kappa shape index (κ1) is 18.3. The number of aliphatic hydroxyl groups is 3. The number of benzene rings is 1. The van der Waals surface area contributed by atoms with Gasteiger partial charge in [0, 0.05) is 27.2 Å². The molecule has 4 nitrogen and oxygen atoms in total. The molecule has 1 saturated heterocycles. The van der Waals surface area contributed by atoms with E-state index in [0.29, 0.717) is 27.9 Å². The number of piperidine rings is 1. The van der Waals surface area contributed by atoms with Crippen LogP contribution in [0, 0.1) is 0 Å². The summed E-state index contributed by atoms with van der Waals surface area (Å²) in [5, 5.41) is 34.2. The van der Waals surface area contributed by atoms with Gasteiger partial charge >= 0.3 is 0 Å². The van der Waals surface area contributed by atoms with Crippen LogP contribution in [0.1, 0.15) is 25.3 Å². The molecule has 22 heavy (non-hydrogen) atoms. The van der Waals surface area contributed by atoms with Crippen LogP contribution in [0.5, 0.6) is 0 Å². The van der Waals surface area contributed by atoms with Gasteiger partial charge in [0.05, 0.1) is 12.2 Å². The van der Waals surface area contributed by atoms with Crippen molar-refractivity contribution in [2.24, 2.45) is 0 Å². The smallest absolute Gasteiger partial charge is 0.109 e. The monoisotopic (exact) mass is 367 g/mol. The minimum absolute atomic E-state index is 0.272. The van der Waals surface area contributed by atoms with E-state index in [9.17, 15) is 15.3 Å². The van der Waals surface area contributed by atoms with Gasteiger partial charge in [0.1, 0.15) is 6.10 Å². The Morgan fingerprint density at radius 1 is 1.00 bits per heavy atom. The second kappa shape index (κ2) is 7.67. The van der Waals surface area contributed by atoms with E-state index in [-0.39, 0.29) is 12.1 Å². The predicted octanol–water partition coefficient (Wildman–Crippen LogP) is 2.41. The lowest BCUT2D eigenvalue weighted by atomic mass is 9.88. The van der Waals surface area contributed by atoms with Gasteiger partial charge in [0.25, 0.3) is 0 Å². The first-order chi connectivity index (χ1) is 10.3. The molecule has 1 aromatic rings. The average molecular weight is 369 g/mol. The van der Waals surface area contributed by atoms with Crippen molar-refractivity contribution in [3.8, 4) is 0 Å². The molecule has 4 N–H and O–H groups in total. The van der Waals surface area contributed by atoms with Gasteiger partial charge in [-0.05, 0) is 43.9 Å². The van der Waals surface area contributed by atoms with E-state index in [0.717, 1.165) is 12.0 Å². The molecule has 0 saturated carbocycles. The zero-order valence-corrected chi connectivity index (χ0v) is 14.4. The highest BCUT2D eigenvalue weighted by atomic mass is 35.5. The quantitative estimate of drug-likeness (QED) is 0.658. The molecule has 0 amide bonds. The Kier molecular flexibility index (Phi) is 6.37. The number of nitrogens with one attached hydrogen (secondary N) is 1. The van der Waals surface area contributed by atoms with E-state index >= 15 is 0 Å². The number of hydrogen-bond acceptors (Lipinski definition) is 4. The van der Waals surface area contributed by atoms with E-state index in [2.05, 4.69) is 5.32 Å². The average Bonchev–Trinajstić information content (AvgIpc) is 2.44. The van der Waals surface area contributed by atoms with Crippen molar-refractivity contribution in [1.82, 2.24) is 5.32 Å². The molecule has 0 unspecified atom stereocenters. The first-order valence-corrected chi connectivity index (χ1v) is 8.38. The summed E-state index contributed by atoms with van der Waals surface area (Å²) in [6.45, 7) is 1.78. The topological polar surface area (TPSA) is 72.7 Å². The van der Waals surface area contributed by atoms with Gasteiger partial charge in [0.2, 0.25) is 0 Å².